The van der Waals surface area contributed by atoms with Crippen molar-refractivity contribution in [3.8, 4) is 0 Å². The van der Waals surface area contributed by atoms with Gasteiger partial charge in [0.2, 0.25) is 5.91 Å². The molecule has 0 radical (unpaired) electrons. The number of rotatable bonds is 15. The molecule has 0 aromatic heterocycles. The normalized spacial score (nSPS) is 31.1. The van der Waals surface area contributed by atoms with Gasteiger partial charge in [-0.05, 0) is 35.2 Å². The Morgan fingerprint density at radius 3 is 1.98 bits per heavy atom. The first-order valence-electron chi connectivity index (χ1n) is 20.6. The SMILES string of the molecule is CO[C@@H]1O[C@H](CO[Si](C)(C)C(C)(C)C(C)C)[C@@H](O[C@H]2O[C@@H]3COC(c4ccccc4)O[C@@H]3[C@H](OCc3ccccc3)[C@H]2OCc2ccccc2)[C@@H]2OC(=O)N(C(C)=O)[C@@H]12. The summed E-state index contributed by atoms with van der Waals surface area (Å²) in [6.07, 6.45) is -9.27. The van der Waals surface area contributed by atoms with Gasteiger partial charge in [-0.25, -0.2) is 9.69 Å². The summed E-state index contributed by atoms with van der Waals surface area (Å²) >= 11 is 0. The fourth-order valence-electron chi connectivity index (χ4n) is 8.09. The predicted molar refractivity (Wildman–Crippen MR) is 218 cm³/mol. The average molecular weight is 834 g/mol. The molecule has 3 aromatic carbocycles. The van der Waals surface area contributed by atoms with Crippen molar-refractivity contribution in [1.82, 2.24) is 4.90 Å². The third-order valence-electron chi connectivity index (χ3n) is 12.7. The molecule has 4 saturated heterocycles. The number of ether oxygens (including phenoxy) is 9. The van der Waals surface area contributed by atoms with Crippen LogP contribution in [0.25, 0.3) is 0 Å². The molecule has 4 aliphatic heterocycles. The highest BCUT2D eigenvalue weighted by Gasteiger charge is 2.61. The second kappa shape index (κ2) is 18.6. The van der Waals surface area contributed by atoms with Gasteiger partial charge in [0, 0.05) is 19.6 Å². The van der Waals surface area contributed by atoms with Crippen molar-refractivity contribution >= 4 is 20.3 Å². The lowest BCUT2D eigenvalue weighted by Crippen LogP contribution is -2.67. The van der Waals surface area contributed by atoms with E-state index in [-0.39, 0.29) is 31.5 Å². The second-order valence-electron chi connectivity index (χ2n) is 17.0. The van der Waals surface area contributed by atoms with E-state index in [1.54, 1.807) is 0 Å². The smallest absolute Gasteiger partial charge is 0.417 e. The standard InChI is InChI=1S/C45H59NO12Si/c1-28(2)45(4,5)59(7,8)53-27-34-36(38-35(42(49-6)54-34)46(29(3)47)44(48)58-38)57-43-40(51-25-31-20-14-10-15-21-31)39(50-24-30-18-12-9-13-19-30)37-33(55-43)26-52-41(56-37)32-22-16-11-17-23-32/h9-23,28,33-43H,24-27H2,1-8H3/t33-,34-,35-,36-,37+,38-,39+,40-,41?,42-,43-/m1/s1. The maximum atomic E-state index is 13.4. The van der Waals surface area contributed by atoms with Crippen LogP contribution in [0.4, 0.5) is 4.79 Å². The van der Waals surface area contributed by atoms with E-state index >= 15 is 0 Å². The third kappa shape index (κ3) is 9.37. The van der Waals surface area contributed by atoms with Crippen LogP contribution >= 0.6 is 0 Å². The molecule has 0 N–H and O–H groups in total. The molecule has 0 spiro atoms. The molecule has 3 aromatic rings. The number of fused-ring (bicyclic) bond motifs is 2. The van der Waals surface area contributed by atoms with Crippen LogP contribution in [0, 0.1) is 5.92 Å². The van der Waals surface area contributed by atoms with Gasteiger partial charge in [-0.15, -0.1) is 0 Å². The van der Waals surface area contributed by atoms with Crippen molar-refractivity contribution in [2.45, 2.75) is 134 Å². The zero-order valence-corrected chi connectivity index (χ0v) is 36.3. The van der Waals surface area contributed by atoms with Crippen LogP contribution in [0.5, 0.6) is 0 Å². The highest BCUT2D eigenvalue weighted by atomic mass is 28.4. The van der Waals surface area contributed by atoms with Gasteiger partial charge < -0.3 is 47.1 Å². The summed E-state index contributed by atoms with van der Waals surface area (Å²) in [5, 5.41) is -0.105. The minimum Gasteiger partial charge on any atom is -0.440 e. The maximum absolute atomic E-state index is 13.4. The first kappa shape index (κ1) is 43.5. The van der Waals surface area contributed by atoms with Crippen LogP contribution in [0.1, 0.15) is 57.6 Å². The van der Waals surface area contributed by atoms with Crippen molar-refractivity contribution in [3.63, 3.8) is 0 Å². The van der Waals surface area contributed by atoms with Gasteiger partial charge in [0.15, 0.2) is 33.3 Å². The van der Waals surface area contributed by atoms with Gasteiger partial charge in [-0.3, -0.25) is 4.79 Å². The van der Waals surface area contributed by atoms with E-state index in [1.807, 2.05) is 91.0 Å². The maximum Gasteiger partial charge on any atom is 0.417 e. The van der Waals surface area contributed by atoms with E-state index in [1.165, 1.54) is 14.0 Å². The predicted octanol–water partition coefficient (Wildman–Crippen LogP) is 7.15. The third-order valence-corrected chi connectivity index (χ3v) is 17.3. The fourth-order valence-corrected chi connectivity index (χ4v) is 10.4. The van der Waals surface area contributed by atoms with Gasteiger partial charge in [0.25, 0.3) is 0 Å². The molecule has 1 unspecified atom stereocenters. The van der Waals surface area contributed by atoms with Gasteiger partial charge in [0.1, 0.15) is 42.7 Å². The first-order valence-corrected chi connectivity index (χ1v) is 23.5. The lowest BCUT2D eigenvalue weighted by Gasteiger charge is -2.51. The van der Waals surface area contributed by atoms with E-state index in [0.717, 1.165) is 21.6 Å². The molecule has 4 heterocycles. The second-order valence-corrected chi connectivity index (χ2v) is 21.6. The van der Waals surface area contributed by atoms with Crippen molar-refractivity contribution < 1.29 is 56.6 Å². The molecular formula is C45H59NO12Si. The van der Waals surface area contributed by atoms with Gasteiger partial charge >= 0.3 is 6.09 Å². The monoisotopic (exact) mass is 833 g/mol. The average Bonchev–Trinajstić information content (AvgIpc) is 3.59. The number of amides is 2. The Hall–Kier alpha value is -3.54. The number of methoxy groups -OCH3 is 1. The van der Waals surface area contributed by atoms with Crippen molar-refractivity contribution in [2.75, 3.05) is 20.3 Å². The molecule has 4 fully saturated rings. The summed E-state index contributed by atoms with van der Waals surface area (Å²) in [6.45, 7) is 15.3. The Kier molecular flexibility index (Phi) is 13.7. The van der Waals surface area contributed by atoms with Crippen LogP contribution in [0.3, 0.4) is 0 Å². The molecule has 4 aliphatic rings. The molecule has 59 heavy (non-hydrogen) atoms. The molecule has 0 aliphatic carbocycles. The summed E-state index contributed by atoms with van der Waals surface area (Å²) in [7, 11) is -0.931. The molecule has 0 saturated carbocycles. The molecule has 320 valence electrons. The van der Waals surface area contributed by atoms with E-state index in [4.69, 9.17) is 47.1 Å². The molecule has 0 bridgehead atoms. The number of hydrogen-bond donors (Lipinski definition) is 0. The minimum atomic E-state index is -2.40. The summed E-state index contributed by atoms with van der Waals surface area (Å²) in [4.78, 5) is 27.4. The zero-order valence-electron chi connectivity index (χ0n) is 35.3. The van der Waals surface area contributed by atoms with Crippen molar-refractivity contribution in [2.24, 2.45) is 5.92 Å². The molecule has 11 atom stereocenters. The van der Waals surface area contributed by atoms with Crippen LogP contribution in [0.15, 0.2) is 91.0 Å². The Balaban J connectivity index is 1.25. The molecular weight excluding hydrogens is 775 g/mol. The van der Waals surface area contributed by atoms with E-state index in [0.29, 0.717) is 5.92 Å². The minimum absolute atomic E-state index is 0.105. The Morgan fingerprint density at radius 1 is 0.814 bits per heavy atom. The Morgan fingerprint density at radius 2 is 1.41 bits per heavy atom. The Bertz CT molecular complexity index is 1830. The van der Waals surface area contributed by atoms with E-state index in [2.05, 4.69) is 40.8 Å². The van der Waals surface area contributed by atoms with Crippen molar-refractivity contribution in [1.29, 1.82) is 0 Å². The first-order chi connectivity index (χ1) is 28.3. The summed E-state index contributed by atoms with van der Waals surface area (Å²) in [6, 6.07) is 28.5. The number of hydrogen-bond acceptors (Lipinski definition) is 12. The topological polar surface area (TPSA) is 130 Å². The number of nitrogens with zero attached hydrogens (tertiary/aromatic N) is 1. The molecule has 13 nitrogen and oxygen atoms in total. The Labute approximate surface area is 348 Å². The van der Waals surface area contributed by atoms with Gasteiger partial charge in [-0.2, -0.15) is 0 Å². The van der Waals surface area contributed by atoms with Gasteiger partial charge in [0.05, 0.1) is 26.4 Å². The summed E-state index contributed by atoms with van der Waals surface area (Å²) in [5.74, 6) is -0.159. The van der Waals surface area contributed by atoms with E-state index in [9.17, 15) is 9.59 Å². The number of benzene rings is 3. The fraction of sp³-hybridized carbons (Fsp3) is 0.556. The largest absolute Gasteiger partial charge is 0.440 e. The molecule has 2 amide bonds. The van der Waals surface area contributed by atoms with Crippen LogP contribution in [0.2, 0.25) is 18.1 Å². The lowest BCUT2D eigenvalue weighted by atomic mass is 9.94. The number of carbonyl (C=O) groups is 2. The quantitative estimate of drug-likeness (QED) is 0.144. The van der Waals surface area contributed by atoms with Crippen LogP contribution in [-0.4, -0.2) is 107 Å². The van der Waals surface area contributed by atoms with Crippen LogP contribution in [-0.2, 0) is 65.1 Å². The summed E-state index contributed by atoms with van der Waals surface area (Å²) in [5.41, 5.74) is 2.76. The zero-order chi connectivity index (χ0) is 41.9. The molecule has 14 heteroatoms. The highest BCUT2D eigenvalue weighted by Crippen LogP contribution is 2.46. The number of imide groups is 1. The van der Waals surface area contributed by atoms with Crippen LogP contribution < -0.4 is 0 Å². The summed E-state index contributed by atoms with van der Waals surface area (Å²) < 4.78 is 65.8. The van der Waals surface area contributed by atoms with E-state index < -0.39 is 88.0 Å². The number of carbonyl (C=O) groups excluding carboxylic acids is 2. The lowest BCUT2D eigenvalue weighted by molar-refractivity contribution is -0.388. The highest BCUT2D eigenvalue weighted by molar-refractivity contribution is 6.74. The van der Waals surface area contributed by atoms with Crippen molar-refractivity contribution in [3.05, 3.63) is 108 Å². The van der Waals surface area contributed by atoms with Gasteiger partial charge in [-0.1, -0.05) is 119 Å². The molecule has 7 rings (SSSR count).